The Morgan fingerprint density at radius 1 is 1.05 bits per heavy atom. The predicted molar refractivity (Wildman–Crippen MR) is 91.4 cm³/mol. The van der Waals surface area contributed by atoms with Crippen LogP contribution in [0.5, 0.6) is 0 Å². The summed E-state index contributed by atoms with van der Waals surface area (Å²) in [5, 5.41) is 3.47. The first-order valence-corrected chi connectivity index (χ1v) is 8.74. The lowest BCUT2D eigenvalue weighted by Crippen LogP contribution is -2.36. The maximum atomic E-state index is 3.47. The summed E-state index contributed by atoms with van der Waals surface area (Å²) in [5.41, 5.74) is 2.84. The fourth-order valence-electron chi connectivity index (χ4n) is 3.26. The standard InChI is InChI=1S/C19H32N2/c1-4-21(19-8-6-5-7-9-19)15-18-12-10-17(11-13-18)14-20-16(2)3/h10-13,16,19-20H,4-9,14-15H2,1-3H3. The zero-order valence-corrected chi connectivity index (χ0v) is 14.1. The Labute approximate surface area is 130 Å². The van der Waals surface area contributed by atoms with E-state index in [9.17, 15) is 0 Å². The fourth-order valence-corrected chi connectivity index (χ4v) is 3.26. The molecule has 0 atom stereocenters. The van der Waals surface area contributed by atoms with E-state index >= 15 is 0 Å². The Hall–Kier alpha value is -0.860. The molecule has 1 saturated carbocycles. The molecule has 118 valence electrons. The predicted octanol–water partition coefficient (Wildman–Crippen LogP) is 4.34. The molecule has 2 nitrogen and oxygen atoms in total. The van der Waals surface area contributed by atoms with Crippen molar-refractivity contribution >= 4 is 0 Å². The molecule has 0 aromatic heterocycles. The highest BCUT2D eigenvalue weighted by Gasteiger charge is 2.19. The molecule has 1 aromatic rings. The van der Waals surface area contributed by atoms with E-state index in [4.69, 9.17) is 0 Å². The first kappa shape index (κ1) is 16.5. The van der Waals surface area contributed by atoms with Crippen molar-refractivity contribution in [2.75, 3.05) is 6.54 Å². The highest BCUT2D eigenvalue weighted by Crippen LogP contribution is 2.23. The summed E-state index contributed by atoms with van der Waals surface area (Å²) in [6, 6.07) is 10.5. The molecular formula is C19H32N2. The maximum Gasteiger partial charge on any atom is 0.0236 e. The Balaban J connectivity index is 1.88. The van der Waals surface area contributed by atoms with Crippen molar-refractivity contribution in [1.29, 1.82) is 0 Å². The maximum absolute atomic E-state index is 3.47. The summed E-state index contributed by atoms with van der Waals surface area (Å²) in [6.45, 7) is 9.93. The minimum atomic E-state index is 0.548. The third kappa shape index (κ3) is 5.44. The molecule has 0 unspecified atom stereocenters. The summed E-state index contributed by atoms with van der Waals surface area (Å²) in [5.74, 6) is 0. The van der Waals surface area contributed by atoms with Crippen molar-refractivity contribution in [1.82, 2.24) is 10.2 Å². The van der Waals surface area contributed by atoms with Gasteiger partial charge in [0.2, 0.25) is 0 Å². The normalized spacial score (nSPS) is 16.8. The lowest BCUT2D eigenvalue weighted by molar-refractivity contribution is 0.156. The van der Waals surface area contributed by atoms with Gasteiger partial charge in [0.05, 0.1) is 0 Å². The topological polar surface area (TPSA) is 15.3 Å². The molecule has 0 bridgehead atoms. The number of hydrogen-bond donors (Lipinski definition) is 1. The monoisotopic (exact) mass is 288 g/mol. The summed E-state index contributed by atoms with van der Waals surface area (Å²) in [7, 11) is 0. The molecule has 2 rings (SSSR count). The van der Waals surface area contributed by atoms with Crippen molar-refractivity contribution in [3.8, 4) is 0 Å². The van der Waals surface area contributed by atoms with E-state index in [0.717, 1.165) is 19.1 Å². The quantitative estimate of drug-likeness (QED) is 0.803. The van der Waals surface area contributed by atoms with Gasteiger partial charge in [0.15, 0.2) is 0 Å². The second-order valence-electron chi connectivity index (χ2n) is 6.71. The van der Waals surface area contributed by atoms with Gasteiger partial charge in [-0.15, -0.1) is 0 Å². The number of hydrogen-bond acceptors (Lipinski definition) is 2. The molecule has 0 heterocycles. The highest BCUT2D eigenvalue weighted by atomic mass is 15.1. The lowest BCUT2D eigenvalue weighted by atomic mass is 9.94. The van der Waals surface area contributed by atoms with Crippen molar-refractivity contribution in [3.63, 3.8) is 0 Å². The van der Waals surface area contributed by atoms with Crippen LogP contribution < -0.4 is 5.32 Å². The summed E-state index contributed by atoms with van der Waals surface area (Å²) in [6.07, 6.45) is 7.06. The second-order valence-corrected chi connectivity index (χ2v) is 6.71. The number of nitrogens with one attached hydrogen (secondary N) is 1. The Kier molecular flexibility index (Phi) is 6.72. The van der Waals surface area contributed by atoms with Crippen molar-refractivity contribution in [3.05, 3.63) is 35.4 Å². The summed E-state index contributed by atoms with van der Waals surface area (Å²) >= 11 is 0. The Morgan fingerprint density at radius 2 is 1.67 bits per heavy atom. The SMILES string of the molecule is CCN(Cc1ccc(CNC(C)C)cc1)C1CCCCC1. The van der Waals surface area contributed by atoms with Crippen LogP contribution in [-0.2, 0) is 13.1 Å². The van der Waals surface area contributed by atoms with Crippen LogP contribution >= 0.6 is 0 Å². The average molecular weight is 288 g/mol. The lowest BCUT2D eigenvalue weighted by Gasteiger charge is -2.33. The largest absolute Gasteiger partial charge is 0.310 e. The number of benzene rings is 1. The third-order valence-electron chi connectivity index (χ3n) is 4.62. The van der Waals surface area contributed by atoms with Crippen LogP contribution in [-0.4, -0.2) is 23.5 Å². The molecule has 2 heteroatoms. The molecule has 0 aliphatic heterocycles. The van der Waals surface area contributed by atoms with Crippen molar-refractivity contribution in [2.24, 2.45) is 0 Å². The van der Waals surface area contributed by atoms with E-state index in [-0.39, 0.29) is 0 Å². The average Bonchev–Trinajstić information content (AvgIpc) is 2.52. The molecule has 1 fully saturated rings. The van der Waals surface area contributed by atoms with Crippen LogP contribution in [0.3, 0.4) is 0 Å². The second kappa shape index (κ2) is 8.55. The molecule has 1 aliphatic rings. The Bertz CT molecular complexity index is 391. The van der Waals surface area contributed by atoms with Gasteiger partial charge in [-0.2, -0.15) is 0 Å². The molecule has 1 N–H and O–H groups in total. The molecule has 1 aliphatic carbocycles. The molecular weight excluding hydrogens is 256 g/mol. The van der Waals surface area contributed by atoms with E-state index in [1.807, 2.05) is 0 Å². The van der Waals surface area contributed by atoms with E-state index in [1.54, 1.807) is 0 Å². The van der Waals surface area contributed by atoms with Crippen LogP contribution in [0.25, 0.3) is 0 Å². The van der Waals surface area contributed by atoms with E-state index in [0.29, 0.717) is 6.04 Å². The van der Waals surface area contributed by atoms with Gasteiger partial charge in [-0.3, -0.25) is 4.90 Å². The van der Waals surface area contributed by atoms with E-state index < -0.39 is 0 Å². The van der Waals surface area contributed by atoms with Gasteiger partial charge in [0, 0.05) is 25.2 Å². The first-order chi connectivity index (χ1) is 10.2. The Morgan fingerprint density at radius 3 is 2.24 bits per heavy atom. The first-order valence-electron chi connectivity index (χ1n) is 8.74. The van der Waals surface area contributed by atoms with E-state index in [2.05, 4.69) is 55.3 Å². The molecule has 0 saturated heterocycles. The van der Waals surface area contributed by atoms with Gasteiger partial charge >= 0.3 is 0 Å². The van der Waals surface area contributed by atoms with Crippen LogP contribution in [0.4, 0.5) is 0 Å². The van der Waals surface area contributed by atoms with Crippen LogP contribution in [0.15, 0.2) is 24.3 Å². The molecule has 0 amide bonds. The van der Waals surface area contributed by atoms with Gasteiger partial charge < -0.3 is 5.32 Å². The molecule has 0 radical (unpaired) electrons. The molecule has 1 aromatic carbocycles. The van der Waals surface area contributed by atoms with Crippen LogP contribution in [0.2, 0.25) is 0 Å². The van der Waals surface area contributed by atoms with Crippen LogP contribution in [0, 0.1) is 0 Å². The van der Waals surface area contributed by atoms with Crippen molar-refractivity contribution in [2.45, 2.75) is 78.0 Å². The number of rotatable bonds is 7. The zero-order valence-electron chi connectivity index (χ0n) is 14.1. The van der Waals surface area contributed by atoms with Gasteiger partial charge in [0.25, 0.3) is 0 Å². The summed E-state index contributed by atoms with van der Waals surface area (Å²) < 4.78 is 0. The van der Waals surface area contributed by atoms with Gasteiger partial charge in [-0.25, -0.2) is 0 Å². The van der Waals surface area contributed by atoms with Crippen LogP contribution in [0.1, 0.15) is 64.0 Å². The zero-order chi connectivity index (χ0) is 15.1. The number of nitrogens with zero attached hydrogens (tertiary/aromatic N) is 1. The minimum Gasteiger partial charge on any atom is -0.310 e. The van der Waals surface area contributed by atoms with E-state index in [1.165, 1.54) is 49.8 Å². The minimum absolute atomic E-state index is 0.548. The smallest absolute Gasteiger partial charge is 0.0236 e. The highest BCUT2D eigenvalue weighted by molar-refractivity contribution is 5.22. The van der Waals surface area contributed by atoms with Gasteiger partial charge in [-0.05, 0) is 30.5 Å². The summed E-state index contributed by atoms with van der Waals surface area (Å²) in [4.78, 5) is 2.67. The fraction of sp³-hybridized carbons (Fsp3) is 0.684. The van der Waals surface area contributed by atoms with Gasteiger partial charge in [0.1, 0.15) is 0 Å². The van der Waals surface area contributed by atoms with Gasteiger partial charge in [-0.1, -0.05) is 64.3 Å². The molecule has 21 heavy (non-hydrogen) atoms. The van der Waals surface area contributed by atoms with Crippen molar-refractivity contribution < 1.29 is 0 Å². The third-order valence-corrected chi connectivity index (χ3v) is 4.62. The molecule has 0 spiro atoms.